The molecule has 0 spiro atoms. The van der Waals surface area contributed by atoms with Crippen molar-refractivity contribution in [1.29, 1.82) is 0 Å². The Morgan fingerprint density at radius 2 is 2.10 bits per heavy atom. The molecule has 0 saturated heterocycles. The second-order valence-corrected chi connectivity index (χ2v) is 2.12. The minimum atomic E-state index is 0.792. The van der Waals surface area contributed by atoms with E-state index in [-0.39, 0.29) is 0 Å². The van der Waals surface area contributed by atoms with Gasteiger partial charge in [-0.05, 0) is 6.08 Å². The molecule has 2 heteroatoms. The molecule has 0 aliphatic carbocycles. The van der Waals surface area contributed by atoms with Crippen molar-refractivity contribution >= 4 is 5.69 Å². The highest BCUT2D eigenvalue weighted by molar-refractivity contribution is 5.32. The van der Waals surface area contributed by atoms with E-state index < -0.39 is 0 Å². The van der Waals surface area contributed by atoms with Gasteiger partial charge in [0.15, 0.2) is 18.9 Å². The van der Waals surface area contributed by atoms with E-state index in [0.717, 1.165) is 12.2 Å². The number of pyridine rings is 1. The smallest absolute Gasteiger partial charge is 0.171 e. The molecule has 0 amide bonds. The van der Waals surface area contributed by atoms with E-state index in [0.29, 0.717) is 0 Å². The fourth-order valence-electron chi connectivity index (χ4n) is 0.740. The van der Waals surface area contributed by atoms with Crippen molar-refractivity contribution in [3.63, 3.8) is 0 Å². The standard InChI is InChI=1S/C8H10N2/c1-2-5-10-6-3-8(9)4-7-10/h2-4,6-7,9H,1,5H2/p+1. The molecular formula is C8H11N2+. The molecule has 52 valence electrons. The SMILES string of the molecule is C=CC[n+]1ccc(N)cc1. The average Bonchev–Trinajstić information content (AvgIpc) is 1.95. The van der Waals surface area contributed by atoms with Gasteiger partial charge in [-0.2, -0.15) is 0 Å². The summed E-state index contributed by atoms with van der Waals surface area (Å²) in [6.45, 7) is 4.46. The normalized spacial score (nSPS) is 9.20. The monoisotopic (exact) mass is 135 g/mol. The van der Waals surface area contributed by atoms with Crippen molar-refractivity contribution in [3.8, 4) is 0 Å². The third-order valence-corrected chi connectivity index (χ3v) is 1.26. The van der Waals surface area contributed by atoms with Gasteiger partial charge >= 0.3 is 0 Å². The molecule has 0 saturated carbocycles. The molecule has 0 bridgehead atoms. The maximum absolute atomic E-state index is 5.48. The van der Waals surface area contributed by atoms with Gasteiger partial charge in [0.25, 0.3) is 0 Å². The highest BCUT2D eigenvalue weighted by Gasteiger charge is 1.92. The predicted molar refractivity (Wildman–Crippen MR) is 41.2 cm³/mol. The predicted octanol–water partition coefficient (Wildman–Crippen LogP) is 0.742. The van der Waals surface area contributed by atoms with Gasteiger partial charge < -0.3 is 5.73 Å². The fraction of sp³-hybridized carbons (Fsp3) is 0.125. The van der Waals surface area contributed by atoms with Crippen LogP contribution >= 0.6 is 0 Å². The quantitative estimate of drug-likeness (QED) is 0.470. The highest BCUT2D eigenvalue weighted by atomic mass is 14.9. The molecule has 10 heavy (non-hydrogen) atoms. The zero-order chi connectivity index (χ0) is 7.40. The number of hydrogen-bond acceptors (Lipinski definition) is 1. The molecule has 0 radical (unpaired) electrons. The van der Waals surface area contributed by atoms with Crippen LogP contribution in [0.2, 0.25) is 0 Å². The van der Waals surface area contributed by atoms with E-state index in [1.165, 1.54) is 0 Å². The van der Waals surface area contributed by atoms with Gasteiger partial charge in [0.1, 0.15) is 0 Å². The van der Waals surface area contributed by atoms with E-state index >= 15 is 0 Å². The lowest BCUT2D eigenvalue weighted by Gasteiger charge is -1.90. The van der Waals surface area contributed by atoms with Gasteiger partial charge in [-0.1, -0.05) is 6.58 Å². The lowest BCUT2D eigenvalue weighted by molar-refractivity contribution is -0.686. The first kappa shape index (κ1) is 6.81. The first-order chi connectivity index (χ1) is 4.83. The molecule has 0 atom stereocenters. The van der Waals surface area contributed by atoms with Gasteiger partial charge in [-0.15, -0.1) is 0 Å². The van der Waals surface area contributed by atoms with Gasteiger partial charge in [-0.25, -0.2) is 4.57 Å². The Kier molecular flexibility index (Phi) is 2.05. The van der Waals surface area contributed by atoms with E-state index in [9.17, 15) is 0 Å². The Balaban J connectivity index is 2.78. The molecule has 0 aliphatic rings. The van der Waals surface area contributed by atoms with Crippen LogP contribution in [0.1, 0.15) is 0 Å². The van der Waals surface area contributed by atoms with Crippen LogP contribution in [0.15, 0.2) is 37.2 Å². The zero-order valence-electron chi connectivity index (χ0n) is 5.83. The van der Waals surface area contributed by atoms with Crippen LogP contribution in [-0.4, -0.2) is 0 Å². The second kappa shape index (κ2) is 3.01. The lowest BCUT2D eigenvalue weighted by Crippen LogP contribution is -2.31. The summed E-state index contributed by atoms with van der Waals surface area (Å²) < 4.78 is 2.00. The summed E-state index contributed by atoms with van der Waals surface area (Å²) in [5.74, 6) is 0. The molecule has 0 aliphatic heterocycles. The third kappa shape index (κ3) is 1.58. The van der Waals surface area contributed by atoms with Crippen LogP contribution in [-0.2, 0) is 6.54 Å². The average molecular weight is 135 g/mol. The summed E-state index contributed by atoms with van der Waals surface area (Å²) in [7, 11) is 0. The molecule has 1 heterocycles. The minimum absolute atomic E-state index is 0.792. The van der Waals surface area contributed by atoms with Crippen LogP contribution in [0.3, 0.4) is 0 Å². The maximum Gasteiger partial charge on any atom is 0.171 e. The third-order valence-electron chi connectivity index (χ3n) is 1.26. The van der Waals surface area contributed by atoms with E-state index in [1.807, 2.05) is 35.2 Å². The topological polar surface area (TPSA) is 29.9 Å². The first-order valence-corrected chi connectivity index (χ1v) is 3.18. The zero-order valence-corrected chi connectivity index (χ0v) is 5.83. The number of hydrogen-bond donors (Lipinski definition) is 1. The summed E-state index contributed by atoms with van der Waals surface area (Å²) in [4.78, 5) is 0. The number of nitrogens with two attached hydrogens (primary N) is 1. The Hall–Kier alpha value is -1.31. The molecule has 2 N–H and O–H groups in total. The van der Waals surface area contributed by atoms with E-state index in [4.69, 9.17) is 5.73 Å². The number of anilines is 1. The Bertz CT molecular complexity index is 213. The molecule has 1 aromatic heterocycles. The second-order valence-electron chi connectivity index (χ2n) is 2.12. The summed E-state index contributed by atoms with van der Waals surface area (Å²) in [5.41, 5.74) is 6.28. The van der Waals surface area contributed by atoms with Crippen LogP contribution in [0.25, 0.3) is 0 Å². The minimum Gasteiger partial charge on any atom is -0.398 e. The number of aromatic nitrogens is 1. The van der Waals surface area contributed by atoms with Crippen molar-refractivity contribution in [3.05, 3.63) is 37.2 Å². The highest BCUT2D eigenvalue weighted by Crippen LogP contribution is 1.92. The van der Waals surface area contributed by atoms with Crippen molar-refractivity contribution in [2.24, 2.45) is 0 Å². The molecule has 0 aromatic carbocycles. The molecular weight excluding hydrogens is 124 g/mol. The van der Waals surface area contributed by atoms with E-state index in [2.05, 4.69) is 6.58 Å². The summed E-state index contributed by atoms with van der Waals surface area (Å²) in [5, 5.41) is 0. The van der Waals surface area contributed by atoms with Crippen molar-refractivity contribution in [2.45, 2.75) is 6.54 Å². The largest absolute Gasteiger partial charge is 0.398 e. The number of nitrogen functional groups attached to an aromatic ring is 1. The van der Waals surface area contributed by atoms with Crippen LogP contribution in [0.4, 0.5) is 5.69 Å². The Morgan fingerprint density at radius 3 is 2.60 bits per heavy atom. The first-order valence-electron chi connectivity index (χ1n) is 3.18. The van der Waals surface area contributed by atoms with Gasteiger partial charge in [0, 0.05) is 17.8 Å². The Labute approximate surface area is 60.6 Å². The lowest BCUT2D eigenvalue weighted by atomic mass is 10.4. The molecule has 1 aromatic rings. The number of nitrogens with zero attached hydrogens (tertiary/aromatic N) is 1. The van der Waals surface area contributed by atoms with Crippen molar-refractivity contribution in [1.82, 2.24) is 0 Å². The van der Waals surface area contributed by atoms with Crippen LogP contribution in [0, 0.1) is 0 Å². The Morgan fingerprint density at radius 1 is 1.50 bits per heavy atom. The van der Waals surface area contributed by atoms with Crippen molar-refractivity contribution < 1.29 is 4.57 Å². The van der Waals surface area contributed by atoms with Crippen LogP contribution in [0.5, 0.6) is 0 Å². The maximum atomic E-state index is 5.48. The number of rotatable bonds is 2. The van der Waals surface area contributed by atoms with Crippen molar-refractivity contribution in [2.75, 3.05) is 5.73 Å². The van der Waals surface area contributed by atoms with Gasteiger partial charge in [0.2, 0.25) is 0 Å². The number of allylic oxidation sites excluding steroid dienone is 1. The van der Waals surface area contributed by atoms with Gasteiger partial charge in [-0.3, -0.25) is 0 Å². The summed E-state index contributed by atoms with van der Waals surface area (Å²) in [6.07, 6.45) is 5.70. The fourth-order valence-corrected chi connectivity index (χ4v) is 0.740. The summed E-state index contributed by atoms with van der Waals surface area (Å²) in [6, 6.07) is 3.73. The molecule has 1 rings (SSSR count). The van der Waals surface area contributed by atoms with E-state index in [1.54, 1.807) is 0 Å². The van der Waals surface area contributed by atoms with Gasteiger partial charge in [0.05, 0.1) is 0 Å². The molecule has 2 nitrogen and oxygen atoms in total. The molecule has 0 fully saturated rings. The summed E-state index contributed by atoms with van der Waals surface area (Å²) >= 11 is 0. The van der Waals surface area contributed by atoms with Crippen LogP contribution < -0.4 is 10.3 Å². The molecule has 0 unspecified atom stereocenters.